The number of ether oxygens (including phenoxy) is 7. The summed E-state index contributed by atoms with van der Waals surface area (Å²) >= 11 is 0. The van der Waals surface area contributed by atoms with E-state index >= 15 is 0 Å². The predicted molar refractivity (Wildman–Crippen MR) is 170 cm³/mol. The first-order chi connectivity index (χ1) is 23.4. The van der Waals surface area contributed by atoms with E-state index in [2.05, 4.69) is 0 Å². The Morgan fingerprint density at radius 1 is 0.920 bits per heavy atom. The summed E-state index contributed by atoms with van der Waals surface area (Å²) in [5, 5.41) is 0. The van der Waals surface area contributed by atoms with Crippen LogP contribution in [0, 0.1) is 39.4 Å². The minimum absolute atomic E-state index is 0.149. The van der Waals surface area contributed by atoms with E-state index in [0.29, 0.717) is 12.0 Å². The first-order valence-electron chi connectivity index (χ1n) is 17.7. The fourth-order valence-electron chi connectivity index (χ4n) is 11.8. The molecule has 1 aromatic rings. The highest BCUT2D eigenvalue weighted by atomic mass is 16.7. The predicted octanol–water partition coefficient (Wildman–Crippen LogP) is 4.25. The Hall–Kier alpha value is -3.45. The number of esters is 5. The molecule has 0 radical (unpaired) electrons. The van der Waals surface area contributed by atoms with E-state index in [0.717, 1.165) is 0 Å². The van der Waals surface area contributed by atoms with Gasteiger partial charge in [-0.15, -0.1) is 0 Å². The number of hydrogen-bond acceptors (Lipinski definition) is 13. The Kier molecular flexibility index (Phi) is 7.89. The number of carbonyl (C=O) groups excluding carboxylic acids is 5. The molecule has 7 rings (SSSR count). The second-order valence-corrected chi connectivity index (χ2v) is 16.4. The summed E-state index contributed by atoms with van der Waals surface area (Å²) in [6, 6.07) is 1.72. The van der Waals surface area contributed by atoms with Gasteiger partial charge in [0.2, 0.25) is 0 Å². The summed E-state index contributed by atoms with van der Waals surface area (Å²) in [5.74, 6) is -4.16. The van der Waals surface area contributed by atoms with E-state index in [1.165, 1.54) is 33.3 Å². The number of rotatable bonds is 7. The number of furan rings is 1. The maximum atomic E-state index is 13.8. The van der Waals surface area contributed by atoms with Crippen LogP contribution in [0.4, 0.5) is 0 Å². The molecular formula is C37H48O13. The van der Waals surface area contributed by atoms with Crippen molar-refractivity contribution in [2.24, 2.45) is 39.4 Å². The van der Waals surface area contributed by atoms with E-state index < -0.39 is 106 Å². The molecule has 15 atom stereocenters. The van der Waals surface area contributed by atoms with Crippen LogP contribution in [-0.4, -0.2) is 78.7 Å². The molecule has 13 heteroatoms. The van der Waals surface area contributed by atoms with Crippen molar-refractivity contribution in [1.82, 2.24) is 0 Å². The average Bonchev–Trinajstić information content (AvgIpc) is 3.40. The summed E-state index contributed by atoms with van der Waals surface area (Å²) in [7, 11) is 0. The maximum absolute atomic E-state index is 13.8. The Morgan fingerprint density at radius 3 is 2.20 bits per heavy atom. The van der Waals surface area contributed by atoms with Crippen molar-refractivity contribution >= 4 is 29.8 Å². The minimum atomic E-state index is -1.30. The van der Waals surface area contributed by atoms with E-state index in [1.807, 2.05) is 34.6 Å². The van der Waals surface area contributed by atoms with Gasteiger partial charge in [-0.3, -0.25) is 19.2 Å². The lowest BCUT2D eigenvalue weighted by atomic mass is 9.33. The molecule has 3 aliphatic heterocycles. The maximum Gasteiger partial charge on any atom is 0.339 e. The second kappa shape index (κ2) is 11.3. The molecule has 6 fully saturated rings. The van der Waals surface area contributed by atoms with Crippen molar-refractivity contribution in [3.63, 3.8) is 0 Å². The number of epoxide rings is 1. The molecule has 0 amide bonds. The van der Waals surface area contributed by atoms with Gasteiger partial charge in [-0.1, -0.05) is 41.5 Å². The third-order valence-electron chi connectivity index (χ3n) is 13.7. The molecule has 0 bridgehead atoms. The molecule has 0 N–H and O–H groups in total. The third kappa shape index (κ3) is 4.34. The molecule has 1 aromatic heterocycles. The molecule has 3 aliphatic carbocycles. The Bertz CT molecular complexity index is 1610. The normalized spacial score (nSPS) is 47.2. The van der Waals surface area contributed by atoms with Crippen molar-refractivity contribution in [2.75, 3.05) is 6.61 Å². The quantitative estimate of drug-likeness (QED) is 0.225. The summed E-state index contributed by atoms with van der Waals surface area (Å²) < 4.78 is 50.1. The smallest absolute Gasteiger partial charge is 0.339 e. The van der Waals surface area contributed by atoms with Gasteiger partial charge in [0.1, 0.15) is 36.1 Å². The summed E-state index contributed by atoms with van der Waals surface area (Å²) in [5.41, 5.74) is -4.86. The molecule has 6 aliphatic rings. The first kappa shape index (κ1) is 35.0. The molecule has 274 valence electrons. The molecule has 13 nitrogen and oxygen atoms in total. The van der Waals surface area contributed by atoms with Gasteiger partial charge in [-0.05, 0) is 18.9 Å². The van der Waals surface area contributed by atoms with Gasteiger partial charge in [-0.2, -0.15) is 0 Å². The fraction of sp³-hybridized carbons (Fsp3) is 0.757. The van der Waals surface area contributed by atoms with E-state index in [4.69, 9.17) is 37.6 Å². The van der Waals surface area contributed by atoms with Crippen molar-refractivity contribution in [2.45, 2.75) is 130 Å². The Morgan fingerprint density at radius 2 is 1.60 bits per heavy atom. The van der Waals surface area contributed by atoms with Gasteiger partial charge in [-0.25, -0.2) is 4.79 Å². The van der Waals surface area contributed by atoms with Gasteiger partial charge < -0.3 is 37.6 Å². The highest BCUT2D eigenvalue weighted by molar-refractivity contribution is 5.83. The van der Waals surface area contributed by atoms with Gasteiger partial charge in [0, 0.05) is 66.3 Å². The number of cyclic esters (lactones) is 1. The molecule has 0 unspecified atom stereocenters. The van der Waals surface area contributed by atoms with Crippen LogP contribution in [0.1, 0.15) is 93.2 Å². The molecule has 4 heterocycles. The second-order valence-electron chi connectivity index (χ2n) is 16.4. The van der Waals surface area contributed by atoms with Gasteiger partial charge in [0.25, 0.3) is 0 Å². The molecule has 3 saturated carbocycles. The molecule has 50 heavy (non-hydrogen) atoms. The van der Waals surface area contributed by atoms with Crippen molar-refractivity contribution in [3.8, 4) is 0 Å². The van der Waals surface area contributed by atoms with Crippen LogP contribution in [0.2, 0.25) is 0 Å². The number of hydrogen-bond donors (Lipinski definition) is 0. The lowest BCUT2D eigenvalue weighted by Gasteiger charge is -2.72. The topological polar surface area (TPSA) is 166 Å². The summed E-state index contributed by atoms with van der Waals surface area (Å²) in [4.78, 5) is 66.3. The van der Waals surface area contributed by atoms with E-state index in [9.17, 15) is 24.0 Å². The molecular weight excluding hydrogens is 652 g/mol. The van der Waals surface area contributed by atoms with Crippen molar-refractivity contribution in [1.29, 1.82) is 0 Å². The molecule has 1 spiro atoms. The fourth-order valence-corrected chi connectivity index (χ4v) is 11.8. The van der Waals surface area contributed by atoms with Crippen LogP contribution >= 0.6 is 0 Å². The Labute approximate surface area is 291 Å². The van der Waals surface area contributed by atoms with Crippen LogP contribution in [0.25, 0.3) is 0 Å². The van der Waals surface area contributed by atoms with Gasteiger partial charge >= 0.3 is 29.8 Å². The van der Waals surface area contributed by atoms with E-state index in [1.54, 1.807) is 13.0 Å². The highest BCUT2D eigenvalue weighted by Crippen LogP contribution is 2.81. The third-order valence-corrected chi connectivity index (χ3v) is 13.7. The molecule has 0 aromatic carbocycles. The zero-order valence-corrected chi connectivity index (χ0v) is 30.1. The number of carbonyl (C=O) groups is 5. The van der Waals surface area contributed by atoms with Crippen LogP contribution in [0.3, 0.4) is 0 Å². The van der Waals surface area contributed by atoms with Gasteiger partial charge in [0.15, 0.2) is 6.10 Å². The first-order valence-corrected chi connectivity index (χ1v) is 17.7. The minimum Gasteiger partial charge on any atom is -0.472 e. The lowest BCUT2D eigenvalue weighted by Crippen LogP contribution is -2.81. The van der Waals surface area contributed by atoms with Crippen LogP contribution in [-0.2, 0) is 57.1 Å². The monoisotopic (exact) mass is 700 g/mol. The highest BCUT2D eigenvalue weighted by Gasteiger charge is 2.92. The summed E-state index contributed by atoms with van der Waals surface area (Å²) in [6.07, 6.45) is -2.17. The zero-order valence-electron chi connectivity index (χ0n) is 30.1. The van der Waals surface area contributed by atoms with E-state index in [-0.39, 0.29) is 31.3 Å². The molecule has 3 saturated heterocycles. The van der Waals surface area contributed by atoms with Crippen LogP contribution in [0.15, 0.2) is 23.0 Å². The average molecular weight is 701 g/mol. The van der Waals surface area contributed by atoms with Gasteiger partial charge in [0.05, 0.1) is 31.2 Å². The number of fused-ring (bicyclic) bond motifs is 2. The SMILES string of the molecule is CC[C@H](C)C(=O)O[C@@H]1C[C@H](OC(C)=O)[C@]2(C)[C@H]3[C@@H](OC(C)=O)C[C@@]4(C)[C@H](c5ccoc5)OC(=O)[C@H]5O[C@]54[C@]3(C)[C@H](OC(C)=O)[C@@H]3OC[C@@]1(C)[C@H]32. The van der Waals surface area contributed by atoms with Crippen molar-refractivity contribution < 1.29 is 61.5 Å². The largest absolute Gasteiger partial charge is 0.472 e. The lowest BCUT2D eigenvalue weighted by molar-refractivity contribution is -0.326. The van der Waals surface area contributed by atoms with Crippen LogP contribution < -0.4 is 0 Å². The van der Waals surface area contributed by atoms with Crippen molar-refractivity contribution in [3.05, 3.63) is 24.2 Å². The zero-order chi connectivity index (χ0) is 36.3. The standard InChI is InChI=1S/C37H48O13/c1-10-17(2)31(41)48-23-13-24(46-19(4)39)35(8)26-22(45-18(3)38)14-34(7)28(21-11-12-43-15-21)49-32(42)30-37(34,50-30)36(26,9)29(47-20(5)40)25-27(35)33(23,6)16-44-25/h11-12,15,17,22-30H,10,13-14,16H2,1-9H3/t17-,22-,23+,24-,25+,26+,27-,28-,29+,30+,33+,34-,35+,36-,37+/m0/s1. The Balaban J connectivity index is 1.48. The van der Waals surface area contributed by atoms with Crippen LogP contribution in [0.5, 0.6) is 0 Å². The summed E-state index contributed by atoms with van der Waals surface area (Å²) in [6.45, 7) is 15.7.